The molecule has 2 aliphatic rings. The van der Waals surface area contributed by atoms with E-state index in [1.54, 1.807) is 18.3 Å². The monoisotopic (exact) mass is 291 g/mol. The van der Waals surface area contributed by atoms with E-state index in [9.17, 15) is 4.79 Å². The van der Waals surface area contributed by atoms with Gasteiger partial charge in [-0.1, -0.05) is 0 Å². The van der Waals surface area contributed by atoms with E-state index in [4.69, 9.17) is 9.47 Å². The lowest BCUT2D eigenvalue weighted by Gasteiger charge is -2.35. The molecule has 114 valence electrons. The number of anilines is 1. The molecule has 2 fully saturated rings. The number of esters is 1. The molecular weight excluding hydrogens is 270 g/mol. The van der Waals surface area contributed by atoms with Crippen molar-refractivity contribution in [3.05, 3.63) is 23.9 Å². The second-order valence-electron chi connectivity index (χ2n) is 5.52. The summed E-state index contributed by atoms with van der Waals surface area (Å²) in [6, 6.07) is 4.03. The van der Waals surface area contributed by atoms with Gasteiger partial charge in [0.2, 0.25) is 0 Å². The number of hydrogen-bond acceptors (Lipinski definition) is 6. The second kappa shape index (κ2) is 6.41. The Hall–Kier alpha value is -1.66. The number of carbonyl (C=O) groups excluding carboxylic acids is 1. The molecule has 6 heteroatoms. The molecule has 6 nitrogen and oxygen atoms in total. The Kier molecular flexibility index (Phi) is 4.36. The fourth-order valence-electron chi connectivity index (χ4n) is 3.04. The number of rotatable bonds is 4. The number of fused-ring (bicyclic) bond motifs is 1. The van der Waals surface area contributed by atoms with Crippen LogP contribution in [0.1, 0.15) is 23.2 Å². The van der Waals surface area contributed by atoms with E-state index in [1.807, 2.05) is 0 Å². The molecule has 0 aromatic carbocycles. The predicted octanol–water partition coefficient (Wildman–Crippen LogP) is 1.14. The summed E-state index contributed by atoms with van der Waals surface area (Å²) in [6.45, 7) is 3.56. The number of nitrogens with one attached hydrogen (secondary N) is 1. The van der Waals surface area contributed by atoms with Crippen LogP contribution < -0.4 is 5.32 Å². The summed E-state index contributed by atoms with van der Waals surface area (Å²) in [5.74, 6) is 0.172. The lowest BCUT2D eigenvalue weighted by molar-refractivity contribution is -0.0416. The maximum absolute atomic E-state index is 11.7. The molecule has 0 amide bonds. The van der Waals surface area contributed by atoms with E-state index in [-0.39, 0.29) is 12.1 Å². The van der Waals surface area contributed by atoms with Crippen LogP contribution in [0.2, 0.25) is 0 Å². The molecule has 0 radical (unpaired) electrons. The Morgan fingerprint density at radius 1 is 1.62 bits per heavy atom. The fraction of sp³-hybridized carbons (Fsp3) is 0.600. The van der Waals surface area contributed by atoms with Crippen molar-refractivity contribution >= 4 is 11.8 Å². The zero-order chi connectivity index (χ0) is 14.7. The molecule has 2 aliphatic heterocycles. The van der Waals surface area contributed by atoms with Gasteiger partial charge in [-0.3, -0.25) is 4.90 Å². The number of morpholine rings is 1. The summed E-state index contributed by atoms with van der Waals surface area (Å²) in [5, 5.41) is 3.21. The van der Waals surface area contributed by atoms with Crippen molar-refractivity contribution < 1.29 is 14.3 Å². The van der Waals surface area contributed by atoms with E-state index in [0.717, 1.165) is 13.2 Å². The van der Waals surface area contributed by atoms with Gasteiger partial charge in [0, 0.05) is 25.3 Å². The van der Waals surface area contributed by atoms with Crippen LogP contribution in [0.3, 0.4) is 0 Å². The third-order valence-electron chi connectivity index (χ3n) is 4.17. The molecule has 0 aliphatic carbocycles. The summed E-state index contributed by atoms with van der Waals surface area (Å²) >= 11 is 0. The van der Waals surface area contributed by atoms with Gasteiger partial charge < -0.3 is 14.8 Å². The normalized spacial score (nSPS) is 25.4. The fourth-order valence-corrected chi connectivity index (χ4v) is 3.04. The van der Waals surface area contributed by atoms with E-state index >= 15 is 0 Å². The predicted molar refractivity (Wildman–Crippen MR) is 78.4 cm³/mol. The maximum Gasteiger partial charge on any atom is 0.341 e. The minimum Gasteiger partial charge on any atom is -0.465 e. The van der Waals surface area contributed by atoms with Crippen LogP contribution in [-0.4, -0.2) is 61.3 Å². The molecule has 0 saturated carbocycles. The van der Waals surface area contributed by atoms with Crippen LogP contribution in [0, 0.1) is 0 Å². The van der Waals surface area contributed by atoms with Gasteiger partial charge in [-0.2, -0.15) is 0 Å². The lowest BCUT2D eigenvalue weighted by Crippen LogP contribution is -2.48. The van der Waals surface area contributed by atoms with Gasteiger partial charge in [0.25, 0.3) is 0 Å². The first kappa shape index (κ1) is 14.3. The van der Waals surface area contributed by atoms with Crippen LogP contribution in [0.25, 0.3) is 0 Å². The van der Waals surface area contributed by atoms with Crippen molar-refractivity contribution in [2.75, 3.05) is 38.7 Å². The summed E-state index contributed by atoms with van der Waals surface area (Å²) < 4.78 is 10.7. The molecule has 1 aromatic rings. The SMILES string of the molecule is COC(=O)c1cccnc1NCC1CN2CCCC2CO1. The van der Waals surface area contributed by atoms with Gasteiger partial charge in [-0.25, -0.2) is 9.78 Å². The molecule has 0 spiro atoms. The molecule has 2 saturated heterocycles. The Bertz CT molecular complexity index is 509. The minimum absolute atomic E-state index is 0.131. The minimum atomic E-state index is -0.380. The Morgan fingerprint density at radius 3 is 3.38 bits per heavy atom. The number of ether oxygens (including phenoxy) is 2. The van der Waals surface area contributed by atoms with Crippen molar-refractivity contribution in [3.63, 3.8) is 0 Å². The molecule has 2 unspecified atom stereocenters. The molecule has 0 bridgehead atoms. The van der Waals surface area contributed by atoms with E-state index in [1.165, 1.54) is 26.5 Å². The largest absolute Gasteiger partial charge is 0.465 e. The average molecular weight is 291 g/mol. The molecule has 3 heterocycles. The zero-order valence-corrected chi connectivity index (χ0v) is 12.2. The zero-order valence-electron chi connectivity index (χ0n) is 12.2. The lowest BCUT2D eigenvalue weighted by atomic mass is 10.2. The number of carbonyl (C=O) groups is 1. The number of hydrogen-bond donors (Lipinski definition) is 1. The number of nitrogens with zero attached hydrogens (tertiary/aromatic N) is 2. The van der Waals surface area contributed by atoms with Gasteiger partial charge in [0.15, 0.2) is 0 Å². The van der Waals surface area contributed by atoms with Gasteiger partial charge in [-0.15, -0.1) is 0 Å². The van der Waals surface area contributed by atoms with Crippen LogP contribution in [-0.2, 0) is 9.47 Å². The highest BCUT2D eigenvalue weighted by atomic mass is 16.5. The molecule has 21 heavy (non-hydrogen) atoms. The van der Waals surface area contributed by atoms with E-state index < -0.39 is 0 Å². The van der Waals surface area contributed by atoms with E-state index in [2.05, 4.69) is 15.2 Å². The third kappa shape index (κ3) is 3.16. The second-order valence-corrected chi connectivity index (χ2v) is 5.52. The summed E-state index contributed by atoms with van der Waals surface area (Å²) in [4.78, 5) is 18.4. The first-order valence-electron chi connectivity index (χ1n) is 7.41. The van der Waals surface area contributed by atoms with Crippen molar-refractivity contribution in [2.45, 2.75) is 25.0 Å². The topological polar surface area (TPSA) is 63.7 Å². The Balaban J connectivity index is 1.59. The molecule has 1 aromatic heterocycles. The molecule has 3 rings (SSSR count). The quantitative estimate of drug-likeness (QED) is 0.839. The van der Waals surface area contributed by atoms with Gasteiger partial charge >= 0.3 is 5.97 Å². The standard InChI is InChI=1S/C15H21N3O3/c1-20-15(19)13-5-2-6-16-14(13)17-8-12-9-18-7-3-4-11(18)10-21-12/h2,5-6,11-12H,3-4,7-10H2,1H3,(H,16,17). The number of methoxy groups -OCH3 is 1. The molecule has 2 atom stereocenters. The van der Waals surface area contributed by atoms with Gasteiger partial charge in [-0.05, 0) is 31.5 Å². The van der Waals surface area contributed by atoms with Crippen LogP contribution in [0.5, 0.6) is 0 Å². The number of pyridine rings is 1. The van der Waals surface area contributed by atoms with Gasteiger partial charge in [0.05, 0.1) is 19.8 Å². The van der Waals surface area contributed by atoms with Crippen molar-refractivity contribution in [3.8, 4) is 0 Å². The first-order valence-corrected chi connectivity index (χ1v) is 7.41. The molecule has 1 N–H and O–H groups in total. The highest BCUT2D eigenvalue weighted by Crippen LogP contribution is 2.23. The smallest absolute Gasteiger partial charge is 0.341 e. The van der Waals surface area contributed by atoms with Crippen molar-refractivity contribution in [1.29, 1.82) is 0 Å². The highest BCUT2D eigenvalue weighted by Gasteiger charge is 2.32. The summed E-state index contributed by atoms with van der Waals surface area (Å²) in [6.07, 6.45) is 4.30. The maximum atomic E-state index is 11.7. The van der Waals surface area contributed by atoms with Gasteiger partial charge in [0.1, 0.15) is 11.4 Å². The highest BCUT2D eigenvalue weighted by molar-refractivity contribution is 5.94. The molecular formula is C15H21N3O3. The van der Waals surface area contributed by atoms with Crippen LogP contribution in [0.15, 0.2) is 18.3 Å². The average Bonchev–Trinajstić information content (AvgIpc) is 3.00. The Morgan fingerprint density at radius 2 is 2.52 bits per heavy atom. The first-order chi connectivity index (χ1) is 10.3. The third-order valence-corrected chi connectivity index (χ3v) is 4.17. The summed E-state index contributed by atoms with van der Waals surface area (Å²) in [5.41, 5.74) is 0.454. The Labute approximate surface area is 124 Å². The van der Waals surface area contributed by atoms with Crippen LogP contribution in [0.4, 0.5) is 5.82 Å². The van der Waals surface area contributed by atoms with Crippen LogP contribution >= 0.6 is 0 Å². The summed E-state index contributed by atoms with van der Waals surface area (Å²) in [7, 11) is 1.37. The number of aromatic nitrogens is 1. The van der Waals surface area contributed by atoms with Crippen molar-refractivity contribution in [1.82, 2.24) is 9.88 Å². The van der Waals surface area contributed by atoms with Crippen molar-refractivity contribution in [2.24, 2.45) is 0 Å². The van der Waals surface area contributed by atoms with E-state index in [0.29, 0.717) is 24.0 Å².